The molecule has 4 nitrogen and oxygen atoms in total. The minimum absolute atomic E-state index is 0.0841. The smallest absolute Gasteiger partial charge is 0.267 e. The maximum atomic E-state index is 11.7. The number of aryl methyl sites for hydroxylation is 1. The van der Waals surface area contributed by atoms with Crippen molar-refractivity contribution in [1.82, 2.24) is 14.6 Å². The lowest BCUT2D eigenvalue weighted by Crippen LogP contribution is -2.12. The predicted molar refractivity (Wildman–Crippen MR) is 58.1 cm³/mol. The highest BCUT2D eigenvalue weighted by Gasteiger charge is 2.06. The van der Waals surface area contributed by atoms with Crippen molar-refractivity contribution in [2.45, 2.75) is 6.92 Å². The van der Waals surface area contributed by atoms with Gasteiger partial charge in [0.05, 0.1) is 17.3 Å². The molecule has 0 spiro atoms. The fraction of sp³-hybridized carbons (Fsp3) is 0.0909. The van der Waals surface area contributed by atoms with E-state index in [1.807, 2.05) is 25.1 Å². The largest absolute Gasteiger partial charge is 0.270 e. The van der Waals surface area contributed by atoms with Crippen LogP contribution >= 0.6 is 0 Å². The van der Waals surface area contributed by atoms with Crippen LogP contribution in [0, 0.1) is 6.92 Å². The Labute approximate surface area is 85.2 Å². The van der Waals surface area contributed by atoms with E-state index in [1.54, 1.807) is 16.8 Å². The van der Waals surface area contributed by atoms with Crippen molar-refractivity contribution in [3.8, 4) is 0 Å². The summed E-state index contributed by atoms with van der Waals surface area (Å²) >= 11 is 0. The van der Waals surface area contributed by atoms with E-state index in [4.69, 9.17) is 0 Å². The maximum Gasteiger partial charge on any atom is 0.270 e. The normalized spacial score (nSPS) is 11.3. The summed E-state index contributed by atoms with van der Waals surface area (Å²) in [7, 11) is 0. The molecular weight excluding hydrogens is 190 g/mol. The van der Waals surface area contributed by atoms with Gasteiger partial charge in [0.1, 0.15) is 0 Å². The van der Waals surface area contributed by atoms with Gasteiger partial charge in [-0.05, 0) is 13.0 Å². The summed E-state index contributed by atoms with van der Waals surface area (Å²) in [4.78, 5) is 16.0. The van der Waals surface area contributed by atoms with Crippen LogP contribution in [0.4, 0.5) is 0 Å². The molecule has 2 aromatic heterocycles. The lowest BCUT2D eigenvalue weighted by Gasteiger charge is -2.00. The molecule has 0 saturated heterocycles. The third-order valence-corrected chi connectivity index (χ3v) is 2.56. The highest BCUT2D eigenvalue weighted by atomic mass is 16.1. The summed E-state index contributed by atoms with van der Waals surface area (Å²) in [5.41, 5.74) is 1.63. The molecule has 15 heavy (non-hydrogen) atoms. The van der Waals surface area contributed by atoms with E-state index in [9.17, 15) is 4.79 Å². The van der Waals surface area contributed by atoms with Crippen molar-refractivity contribution in [3.05, 3.63) is 46.5 Å². The van der Waals surface area contributed by atoms with E-state index < -0.39 is 0 Å². The van der Waals surface area contributed by atoms with Crippen LogP contribution in [0.1, 0.15) is 5.69 Å². The quantitative estimate of drug-likeness (QED) is 0.596. The first-order chi connectivity index (χ1) is 7.27. The van der Waals surface area contributed by atoms with Gasteiger partial charge in [-0.1, -0.05) is 18.2 Å². The molecule has 0 bridgehead atoms. The summed E-state index contributed by atoms with van der Waals surface area (Å²) in [6.45, 7) is 1.91. The second kappa shape index (κ2) is 2.70. The zero-order valence-corrected chi connectivity index (χ0v) is 8.19. The van der Waals surface area contributed by atoms with Gasteiger partial charge in [-0.15, -0.1) is 0 Å². The van der Waals surface area contributed by atoms with Gasteiger partial charge in [-0.25, -0.2) is 9.50 Å². The van der Waals surface area contributed by atoms with Crippen LogP contribution in [0.25, 0.3) is 16.4 Å². The number of nitrogens with zero attached hydrogens (tertiary/aromatic N) is 2. The van der Waals surface area contributed by atoms with Gasteiger partial charge in [0.2, 0.25) is 0 Å². The zero-order valence-electron chi connectivity index (χ0n) is 8.19. The number of aromatic nitrogens is 3. The van der Waals surface area contributed by atoms with Gasteiger partial charge >= 0.3 is 0 Å². The molecule has 0 aliphatic heterocycles. The first kappa shape index (κ1) is 8.23. The number of imidazole rings is 1. The van der Waals surface area contributed by atoms with E-state index in [-0.39, 0.29) is 5.56 Å². The Hall–Kier alpha value is -2.10. The summed E-state index contributed by atoms with van der Waals surface area (Å²) in [5, 5.41) is 4.34. The molecule has 0 unspecified atom stereocenters. The third kappa shape index (κ3) is 1.01. The van der Waals surface area contributed by atoms with E-state index >= 15 is 0 Å². The molecule has 4 heteroatoms. The van der Waals surface area contributed by atoms with Crippen LogP contribution in [0.15, 0.2) is 35.3 Å². The fourth-order valence-corrected chi connectivity index (χ4v) is 1.81. The fourth-order valence-electron chi connectivity index (χ4n) is 1.81. The lowest BCUT2D eigenvalue weighted by atomic mass is 10.2. The summed E-state index contributed by atoms with van der Waals surface area (Å²) < 4.78 is 1.71. The molecule has 1 aromatic carbocycles. The Morgan fingerprint density at radius 2 is 2.00 bits per heavy atom. The highest BCUT2D eigenvalue weighted by molar-refractivity contribution is 5.92. The average Bonchev–Trinajstić information content (AvgIpc) is 2.62. The molecule has 0 saturated carbocycles. The van der Waals surface area contributed by atoms with Gasteiger partial charge in [-0.3, -0.25) is 9.89 Å². The van der Waals surface area contributed by atoms with Crippen molar-refractivity contribution in [2.75, 3.05) is 0 Å². The second-order valence-corrected chi connectivity index (χ2v) is 3.55. The van der Waals surface area contributed by atoms with E-state index in [1.165, 1.54) is 0 Å². The maximum absolute atomic E-state index is 11.7. The Bertz CT molecular complexity index is 708. The number of fused-ring (bicyclic) bond motifs is 3. The first-order valence-electron chi connectivity index (χ1n) is 4.72. The van der Waals surface area contributed by atoms with Crippen LogP contribution in [0.5, 0.6) is 0 Å². The number of benzene rings is 1. The molecule has 74 valence electrons. The van der Waals surface area contributed by atoms with Gasteiger partial charge < -0.3 is 0 Å². The predicted octanol–water partition coefficient (Wildman–Crippen LogP) is 1.48. The highest BCUT2D eigenvalue weighted by Crippen LogP contribution is 2.14. The monoisotopic (exact) mass is 199 g/mol. The van der Waals surface area contributed by atoms with Gasteiger partial charge in [-0.2, -0.15) is 0 Å². The minimum Gasteiger partial charge on any atom is -0.267 e. The van der Waals surface area contributed by atoms with Crippen molar-refractivity contribution in [2.24, 2.45) is 0 Å². The molecule has 0 aliphatic rings. The zero-order chi connectivity index (χ0) is 10.4. The van der Waals surface area contributed by atoms with Crippen molar-refractivity contribution < 1.29 is 0 Å². The number of hydrogen-bond acceptors (Lipinski definition) is 2. The van der Waals surface area contributed by atoms with Crippen molar-refractivity contribution >= 4 is 16.4 Å². The van der Waals surface area contributed by atoms with Crippen molar-refractivity contribution in [3.63, 3.8) is 0 Å². The number of aromatic amines is 1. The summed E-state index contributed by atoms with van der Waals surface area (Å²) in [5.74, 6) is 0. The van der Waals surface area contributed by atoms with Crippen molar-refractivity contribution in [1.29, 1.82) is 0 Å². The Morgan fingerprint density at radius 1 is 1.27 bits per heavy atom. The summed E-state index contributed by atoms with van der Waals surface area (Å²) in [6, 6.07) is 7.47. The van der Waals surface area contributed by atoms with Crippen LogP contribution in [0.3, 0.4) is 0 Å². The van der Waals surface area contributed by atoms with E-state index in [2.05, 4.69) is 10.1 Å². The van der Waals surface area contributed by atoms with Gasteiger partial charge in [0, 0.05) is 5.39 Å². The Morgan fingerprint density at radius 3 is 2.80 bits per heavy atom. The molecule has 0 aliphatic carbocycles. The summed E-state index contributed by atoms with van der Waals surface area (Å²) in [6.07, 6.45) is 1.75. The van der Waals surface area contributed by atoms with Crippen LogP contribution in [0.2, 0.25) is 0 Å². The molecule has 1 N–H and O–H groups in total. The standard InChI is InChI=1S/C11H9N3O/c1-7-6-12-10-8-4-2-3-5-9(8)11(15)13-14(7)10/h2-6H,1H3,(H,13,15). The Balaban J connectivity index is 2.71. The first-order valence-corrected chi connectivity index (χ1v) is 4.72. The van der Waals surface area contributed by atoms with Crippen LogP contribution in [-0.2, 0) is 0 Å². The Kier molecular flexibility index (Phi) is 1.48. The number of nitrogens with one attached hydrogen (secondary N) is 1. The van der Waals surface area contributed by atoms with Gasteiger partial charge in [0.15, 0.2) is 5.65 Å². The van der Waals surface area contributed by atoms with Gasteiger partial charge in [0.25, 0.3) is 5.56 Å². The lowest BCUT2D eigenvalue weighted by molar-refractivity contribution is 0.885. The van der Waals surface area contributed by atoms with Crippen LogP contribution in [-0.4, -0.2) is 14.6 Å². The molecular formula is C11H9N3O. The average molecular weight is 199 g/mol. The molecule has 3 aromatic rings. The molecule has 0 amide bonds. The minimum atomic E-state index is -0.0841. The third-order valence-electron chi connectivity index (χ3n) is 2.56. The topological polar surface area (TPSA) is 50.2 Å². The second-order valence-electron chi connectivity index (χ2n) is 3.55. The number of rotatable bonds is 0. The molecule has 3 rings (SSSR count). The molecule has 0 fully saturated rings. The van der Waals surface area contributed by atoms with E-state index in [0.29, 0.717) is 5.39 Å². The molecule has 2 heterocycles. The van der Waals surface area contributed by atoms with Crippen LogP contribution < -0.4 is 5.56 Å². The SMILES string of the molecule is Cc1cnc2c3ccccc3c(=O)[nH]n12. The number of H-pyrrole nitrogens is 1. The molecule has 0 radical (unpaired) electrons. The molecule has 0 atom stereocenters. The number of hydrogen-bond donors (Lipinski definition) is 1. The van der Waals surface area contributed by atoms with E-state index in [0.717, 1.165) is 16.7 Å².